The molecule has 1 aliphatic heterocycles. The quantitative estimate of drug-likeness (QED) is 0.943. The maximum atomic E-state index is 5.84. The van der Waals surface area contributed by atoms with Crippen LogP contribution >= 0.6 is 11.6 Å². The van der Waals surface area contributed by atoms with Crippen LogP contribution in [0.15, 0.2) is 42.6 Å². The summed E-state index contributed by atoms with van der Waals surface area (Å²) in [7, 11) is 0. The Morgan fingerprint density at radius 2 is 2.05 bits per heavy atom. The van der Waals surface area contributed by atoms with Crippen molar-refractivity contribution >= 4 is 11.6 Å². The van der Waals surface area contributed by atoms with Gasteiger partial charge in [0.1, 0.15) is 0 Å². The van der Waals surface area contributed by atoms with Crippen molar-refractivity contribution in [1.29, 1.82) is 0 Å². The predicted molar refractivity (Wildman–Crippen MR) is 80.1 cm³/mol. The molecule has 0 unspecified atom stereocenters. The molecule has 0 spiro atoms. The predicted octanol–water partition coefficient (Wildman–Crippen LogP) is 2.99. The van der Waals surface area contributed by atoms with Gasteiger partial charge >= 0.3 is 0 Å². The first-order valence-corrected chi connectivity index (χ1v) is 7.20. The Balaban J connectivity index is 1.67. The summed E-state index contributed by atoms with van der Waals surface area (Å²) in [5.41, 5.74) is 3.50. The van der Waals surface area contributed by atoms with Crippen molar-refractivity contribution < 1.29 is 4.74 Å². The number of benzene rings is 1. The number of ether oxygens (including phenoxy) is 1. The van der Waals surface area contributed by atoms with E-state index in [0.29, 0.717) is 5.02 Å². The van der Waals surface area contributed by atoms with Gasteiger partial charge in [0, 0.05) is 31.4 Å². The Morgan fingerprint density at radius 1 is 1.20 bits per heavy atom. The molecule has 1 N–H and O–H groups in total. The lowest BCUT2D eigenvalue weighted by Crippen LogP contribution is -2.33. The van der Waals surface area contributed by atoms with Gasteiger partial charge in [-0.1, -0.05) is 35.9 Å². The van der Waals surface area contributed by atoms with Crippen LogP contribution in [0.5, 0.6) is 0 Å². The fourth-order valence-electron chi connectivity index (χ4n) is 2.35. The Kier molecular flexibility index (Phi) is 4.31. The second-order valence-corrected chi connectivity index (χ2v) is 5.39. The summed E-state index contributed by atoms with van der Waals surface area (Å²) in [6.45, 7) is 2.61. The highest BCUT2D eigenvalue weighted by atomic mass is 35.5. The van der Waals surface area contributed by atoms with Crippen molar-refractivity contribution in [2.45, 2.75) is 12.5 Å². The van der Waals surface area contributed by atoms with Crippen molar-refractivity contribution in [1.82, 2.24) is 10.3 Å². The second kappa shape index (κ2) is 6.35. The summed E-state index contributed by atoms with van der Waals surface area (Å²) < 4.78 is 5.75. The molecule has 104 valence electrons. The van der Waals surface area contributed by atoms with Gasteiger partial charge in [-0.3, -0.25) is 4.98 Å². The van der Waals surface area contributed by atoms with Crippen LogP contribution in [0.4, 0.5) is 0 Å². The number of hydrogen-bond donors (Lipinski definition) is 1. The van der Waals surface area contributed by atoms with Gasteiger partial charge in [-0.25, -0.2) is 0 Å². The summed E-state index contributed by atoms with van der Waals surface area (Å²) >= 11 is 5.84. The van der Waals surface area contributed by atoms with Gasteiger partial charge in [0.05, 0.1) is 17.7 Å². The molecule has 0 radical (unpaired) electrons. The van der Waals surface area contributed by atoms with Gasteiger partial charge < -0.3 is 10.1 Å². The summed E-state index contributed by atoms with van der Waals surface area (Å²) in [5.74, 6) is 0. The molecule has 0 saturated carbocycles. The number of pyridine rings is 1. The smallest absolute Gasteiger partial charge is 0.0949 e. The van der Waals surface area contributed by atoms with E-state index in [1.165, 1.54) is 11.1 Å². The molecule has 0 bridgehead atoms. The van der Waals surface area contributed by atoms with E-state index in [-0.39, 0.29) is 6.10 Å². The van der Waals surface area contributed by atoms with E-state index >= 15 is 0 Å². The summed E-state index contributed by atoms with van der Waals surface area (Å²) in [4.78, 5) is 4.32. The lowest BCUT2D eigenvalue weighted by atomic mass is 10.0. The van der Waals surface area contributed by atoms with Crippen LogP contribution in [-0.2, 0) is 11.2 Å². The van der Waals surface area contributed by atoms with E-state index in [9.17, 15) is 0 Å². The van der Waals surface area contributed by atoms with Gasteiger partial charge in [0.2, 0.25) is 0 Å². The molecule has 1 fully saturated rings. The Bertz CT molecular complexity index is 548. The van der Waals surface area contributed by atoms with E-state index in [4.69, 9.17) is 16.3 Å². The first kappa shape index (κ1) is 13.6. The van der Waals surface area contributed by atoms with Gasteiger partial charge in [-0.05, 0) is 23.3 Å². The molecule has 20 heavy (non-hydrogen) atoms. The minimum Gasteiger partial charge on any atom is -0.371 e. The first-order valence-electron chi connectivity index (χ1n) is 6.83. The maximum absolute atomic E-state index is 5.84. The van der Waals surface area contributed by atoms with Crippen molar-refractivity contribution in [3.8, 4) is 0 Å². The molecule has 2 heterocycles. The molecule has 3 nitrogen and oxygen atoms in total. The van der Waals surface area contributed by atoms with E-state index in [1.54, 1.807) is 6.20 Å². The van der Waals surface area contributed by atoms with Crippen LogP contribution in [0.2, 0.25) is 5.02 Å². The third-order valence-corrected chi connectivity index (χ3v) is 3.68. The zero-order valence-electron chi connectivity index (χ0n) is 11.2. The largest absolute Gasteiger partial charge is 0.371 e. The molecule has 1 saturated heterocycles. The Labute approximate surface area is 123 Å². The van der Waals surface area contributed by atoms with E-state index < -0.39 is 0 Å². The van der Waals surface area contributed by atoms with Crippen molar-refractivity contribution in [3.63, 3.8) is 0 Å². The minimum absolute atomic E-state index is 0.173. The number of morpholine rings is 1. The number of nitrogens with one attached hydrogen (secondary N) is 1. The van der Waals surface area contributed by atoms with Gasteiger partial charge in [0.15, 0.2) is 0 Å². The molecular weight excluding hydrogens is 272 g/mol. The molecule has 1 aromatic carbocycles. The number of rotatable bonds is 3. The Morgan fingerprint density at radius 3 is 2.70 bits per heavy atom. The van der Waals surface area contributed by atoms with Crippen LogP contribution in [-0.4, -0.2) is 24.7 Å². The standard InChI is InChI=1S/C16H17ClN2O/c17-14-5-6-15(19-10-14)9-12-1-3-13(4-2-12)16-11-18-7-8-20-16/h1-6,10,16,18H,7-9,11H2/t16-/m0/s1. The highest BCUT2D eigenvalue weighted by molar-refractivity contribution is 6.30. The summed E-state index contributed by atoms with van der Waals surface area (Å²) in [6, 6.07) is 12.4. The van der Waals surface area contributed by atoms with Gasteiger partial charge in [-0.2, -0.15) is 0 Å². The molecule has 4 heteroatoms. The van der Waals surface area contributed by atoms with Crippen molar-refractivity contribution in [2.24, 2.45) is 0 Å². The van der Waals surface area contributed by atoms with E-state index in [1.807, 2.05) is 12.1 Å². The molecule has 2 aromatic rings. The second-order valence-electron chi connectivity index (χ2n) is 4.95. The lowest BCUT2D eigenvalue weighted by Gasteiger charge is -2.24. The number of aromatic nitrogens is 1. The fraction of sp³-hybridized carbons (Fsp3) is 0.312. The van der Waals surface area contributed by atoms with Crippen molar-refractivity contribution in [3.05, 3.63) is 64.4 Å². The van der Waals surface area contributed by atoms with Gasteiger partial charge in [0.25, 0.3) is 0 Å². The SMILES string of the molecule is Clc1ccc(Cc2ccc([C@@H]3CNCCO3)cc2)nc1. The molecular formula is C16H17ClN2O. The molecule has 1 aromatic heterocycles. The minimum atomic E-state index is 0.173. The molecule has 0 amide bonds. The maximum Gasteiger partial charge on any atom is 0.0949 e. The highest BCUT2D eigenvalue weighted by Gasteiger charge is 2.15. The lowest BCUT2D eigenvalue weighted by molar-refractivity contribution is 0.0277. The average Bonchev–Trinajstić information content (AvgIpc) is 2.51. The van der Waals surface area contributed by atoms with Crippen LogP contribution in [0.25, 0.3) is 0 Å². The molecule has 3 rings (SSSR count). The number of nitrogens with zero attached hydrogens (tertiary/aromatic N) is 1. The zero-order valence-corrected chi connectivity index (χ0v) is 11.9. The monoisotopic (exact) mass is 288 g/mol. The van der Waals surface area contributed by atoms with Crippen LogP contribution in [0, 0.1) is 0 Å². The van der Waals surface area contributed by atoms with Crippen LogP contribution in [0.3, 0.4) is 0 Å². The van der Waals surface area contributed by atoms with E-state index in [0.717, 1.165) is 31.8 Å². The molecule has 1 atom stereocenters. The Hall–Kier alpha value is -1.42. The summed E-state index contributed by atoms with van der Waals surface area (Å²) in [6.07, 6.45) is 2.68. The third-order valence-electron chi connectivity index (χ3n) is 3.45. The normalized spacial score (nSPS) is 18.9. The van der Waals surface area contributed by atoms with E-state index in [2.05, 4.69) is 34.6 Å². The van der Waals surface area contributed by atoms with Crippen LogP contribution < -0.4 is 5.32 Å². The molecule has 0 aliphatic carbocycles. The zero-order chi connectivity index (χ0) is 13.8. The number of hydrogen-bond acceptors (Lipinski definition) is 3. The fourth-order valence-corrected chi connectivity index (χ4v) is 2.46. The highest BCUT2D eigenvalue weighted by Crippen LogP contribution is 2.20. The molecule has 1 aliphatic rings. The first-order chi connectivity index (χ1) is 9.81. The van der Waals surface area contributed by atoms with Crippen molar-refractivity contribution in [2.75, 3.05) is 19.7 Å². The average molecular weight is 289 g/mol. The van der Waals surface area contributed by atoms with Crippen LogP contribution in [0.1, 0.15) is 22.9 Å². The third kappa shape index (κ3) is 3.37. The topological polar surface area (TPSA) is 34.1 Å². The number of halogens is 1. The summed E-state index contributed by atoms with van der Waals surface area (Å²) in [5, 5.41) is 4.02. The van der Waals surface area contributed by atoms with Gasteiger partial charge in [-0.15, -0.1) is 0 Å².